The molecule has 1 amide bonds. The Morgan fingerprint density at radius 1 is 1.48 bits per heavy atom. The fourth-order valence-electron chi connectivity index (χ4n) is 2.13. The number of carbonyl (C=O) groups is 1. The third-order valence-electron chi connectivity index (χ3n) is 3.04. The standard InChI is InChI=1S/C12H16N4O3S2/c1-4-16-8(3)10(7(2)14-16)21(18,19)15-12-9(11(13)17)5-6-20-12/h5-6,15H,4H2,1-3H3,(H2,13,17). The van der Waals surface area contributed by atoms with E-state index in [9.17, 15) is 13.2 Å². The summed E-state index contributed by atoms with van der Waals surface area (Å²) in [5, 5.41) is 6.01. The molecule has 0 saturated heterocycles. The Labute approximate surface area is 126 Å². The van der Waals surface area contributed by atoms with Crippen molar-refractivity contribution in [3.05, 3.63) is 28.4 Å². The summed E-state index contributed by atoms with van der Waals surface area (Å²) in [5.41, 5.74) is 6.34. The van der Waals surface area contributed by atoms with Crippen molar-refractivity contribution < 1.29 is 13.2 Å². The zero-order chi connectivity index (χ0) is 15.8. The van der Waals surface area contributed by atoms with Crippen LogP contribution >= 0.6 is 11.3 Å². The number of nitrogens with two attached hydrogens (primary N) is 1. The second-order valence-electron chi connectivity index (χ2n) is 4.45. The van der Waals surface area contributed by atoms with Crippen LogP contribution in [0.4, 0.5) is 5.00 Å². The van der Waals surface area contributed by atoms with Crippen LogP contribution in [0.3, 0.4) is 0 Å². The van der Waals surface area contributed by atoms with Gasteiger partial charge in [-0.05, 0) is 32.2 Å². The van der Waals surface area contributed by atoms with Crippen molar-refractivity contribution in [1.82, 2.24) is 9.78 Å². The Hall–Kier alpha value is -1.87. The zero-order valence-corrected chi connectivity index (χ0v) is 13.5. The SMILES string of the molecule is CCn1nc(C)c(S(=O)(=O)Nc2sccc2C(N)=O)c1C. The van der Waals surface area contributed by atoms with Gasteiger partial charge in [0, 0.05) is 6.54 Å². The number of aromatic nitrogens is 2. The van der Waals surface area contributed by atoms with Gasteiger partial charge in [0.2, 0.25) is 0 Å². The van der Waals surface area contributed by atoms with Crippen LogP contribution in [0.25, 0.3) is 0 Å². The zero-order valence-electron chi connectivity index (χ0n) is 11.9. The number of carbonyl (C=O) groups excluding carboxylic acids is 1. The molecule has 2 heterocycles. The van der Waals surface area contributed by atoms with E-state index in [4.69, 9.17) is 5.73 Å². The van der Waals surface area contributed by atoms with Crippen molar-refractivity contribution in [3.8, 4) is 0 Å². The fourth-order valence-corrected chi connectivity index (χ4v) is 4.67. The largest absolute Gasteiger partial charge is 0.366 e. The van der Waals surface area contributed by atoms with Crippen LogP contribution in [-0.4, -0.2) is 24.1 Å². The van der Waals surface area contributed by atoms with Crippen LogP contribution in [0.2, 0.25) is 0 Å². The maximum absolute atomic E-state index is 12.5. The van der Waals surface area contributed by atoms with Gasteiger partial charge in [-0.1, -0.05) is 0 Å². The molecule has 3 N–H and O–H groups in total. The van der Waals surface area contributed by atoms with Gasteiger partial charge >= 0.3 is 0 Å². The summed E-state index contributed by atoms with van der Waals surface area (Å²) in [6, 6.07) is 1.49. The Kier molecular flexibility index (Phi) is 4.06. The van der Waals surface area contributed by atoms with Crippen LogP contribution in [0.1, 0.15) is 28.7 Å². The van der Waals surface area contributed by atoms with Gasteiger partial charge in [0.05, 0.1) is 17.0 Å². The highest BCUT2D eigenvalue weighted by Crippen LogP contribution is 2.28. The number of aryl methyl sites for hydroxylation is 2. The first-order valence-corrected chi connectivity index (χ1v) is 8.58. The summed E-state index contributed by atoms with van der Waals surface area (Å²) in [4.78, 5) is 11.4. The normalized spacial score (nSPS) is 11.6. The molecule has 0 aromatic carbocycles. The van der Waals surface area contributed by atoms with E-state index in [-0.39, 0.29) is 15.5 Å². The molecule has 0 fully saturated rings. The highest BCUT2D eigenvalue weighted by molar-refractivity contribution is 7.93. The fraction of sp³-hybridized carbons (Fsp3) is 0.333. The molecule has 0 saturated carbocycles. The van der Waals surface area contributed by atoms with E-state index in [1.165, 1.54) is 6.07 Å². The van der Waals surface area contributed by atoms with Crippen molar-refractivity contribution in [2.75, 3.05) is 4.72 Å². The molecule has 0 bridgehead atoms. The quantitative estimate of drug-likeness (QED) is 0.866. The Morgan fingerprint density at radius 2 is 2.14 bits per heavy atom. The lowest BCUT2D eigenvalue weighted by Crippen LogP contribution is -2.18. The Bertz CT molecular complexity index is 790. The van der Waals surface area contributed by atoms with E-state index in [2.05, 4.69) is 9.82 Å². The molecule has 0 aliphatic rings. The molecule has 7 nitrogen and oxygen atoms in total. The maximum atomic E-state index is 12.5. The average molecular weight is 328 g/mol. The van der Waals surface area contributed by atoms with Gasteiger partial charge in [-0.2, -0.15) is 5.10 Å². The molecule has 114 valence electrons. The molecule has 0 aliphatic carbocycles. The number of hydrogen-bond donors (Lipinski definition) is 2. The van der Waals surface area contributed by atoms with Gasteiger partial charge in [-0.3, -0.25) is 14.2 Å². The van der Waals surface area contributed by atoms with Gasteiger partial charge in [-0.25, -0.2) is 8.42 Å². The number of thiophene rings is 1. The average Bonchev–Trinajstić information content (AvgIpc) is 2.93. The van der Waals surface area contributed by atoms with Crippen molar-refractivity contribution in [2.45, 2.75) is 32.2 Å². The summed E-state index contributed by atoms with van der Waals surface area (Å²) < 4.78 is 29.1. The number of nitrogens with one attached hydrogen (secondary N) is 1. The lowest BCUT2D eigenvalue weighted by Gasteiger charge is -2.08. The number of rotatable bonds is 5. The number of anilines is 1. The van der Waals surface area contributed by atoms with E-state index in [0.29, 0.717) is 17.9 Å². The first-order valence-electron chi connectivity index (χ1n) is 6.22. The van der Waals surface area contributed by atoms with E-state index in [0.717, 1.165) is 11.3 Å². The highest BCUT2D eigenvalue weighted by atomic mass is 32.2. The van der Waals surface area contributed by atoms with Crippen LogP contribution < -0.4 is 10.5 Å². The monoisotopic (exact) mass is 328 g/mol. The lowest BCUT2D eigenvalue weighted by atomic mass is 10.3. The summed E-state index contributed by atoms with van der Waals surface area (Å²) >= 11 is 1.11. The number of sulfonamides is 1. The number of hydrogen-bond acceptors (Lipinski definition) is 5. The summed E-state index contributed by atoms with van der Waals surface area (Å²) in [7, 11) is -3.82. The molecule has 9 heteroatoms. The molecule has 0 atom stereocenters. The van der Waals surface area contributed by atoms with E-state index in [1.807, 2.05) is 6.92 Å². The molecular weight excluding hydrogens is 312 g/mol. The third-order valence-corrected chi connectivity index (χ3v) is 5.60. The highest BCUT2D eigenvalue weighted by Gasteiger charge is 2.26. The van der Waals surface area contributed by atoms with Gasteiger partial charge < -0.3 is 5.73 Å². The van der Waals surface area contributed by atoms with Gasteiger partial charge in [0.1, 0.15) is 9.90 Å². The minimum absolute atomic E-state index is 0.133. The summed E-state index contributed by atoms with van der Waals surface area (Å²) in [6.07, 6.45) is 0. The Morgan fingerprint density at radius 3 is 2.67 bits per heavy atom. The maximum Gasteiger partial charge on any atom is 0.266 e. The lowest BCUT2D eigenvalue weighted by molar-refractivity contribution is 0.100. The summed E-state index contributed by atoms with van der Waals surface area (Å²) in [6.45, 7) is 5.79. The molecule has 0 radical (unpaired) electrons. The predicted octanol–water partition coefficient (Wildman–Crippen LogP) is 1.48. The van der Waals surface area contributed by atoms with Crippen molar-refractivity contribution in [3.63, 3.8) is 0 Å². The molecule has 2 rings (SSSR count). The Balaban J connectivity index is 2.46. The van der Waals surface area contributed by atoms with Gasteiger partial charge in [0.15, 0.2) is 0 Å². The van der Waals surface area contributed by atoms with E-state index < -0.39 is 15.9 Å². The van der Waals surface area contributed by atoms with Crippen LogP contribution in [0.5, 0.6) is 0 Å². The van der Waals surface area contributed by atoms with E-state index in [1.54, 1.807) is 23.9 Å². The van der Waals surface area contributed by atoms with Crippen LogP contribution in [-0.2, 0) is 16.6 Å². The molecular formula is C12H16N4O3S2. The van der Waals surface area contributed by atoms with Crippen LogP contribution in [0, 0.1) is 13.8 Å². The van der Waals surface area contributed by atoms with Gasteiger partial charge in [-0.15, -0.1) is 11.3 Å². The van der Waals surface area contributed by atoms with E-state index >= 15 is 0 Å². The first kappa shape index (κ1) is 15.5. The number of nitrogens with zero attached hydrogens (tertiary/aromatic N) is 2. The second-order valence-corrected chi connectivity index (χ2v) is 6.98. The van der Waals surface area contributed by atoms with Crippen molar-refractivity contribution >= 4 is 32.3 Å². The minimum atomic E-state index is -3.82. The molecule has 21 heavy (non-hydrogen) atoms. The molecule has 2 aromatic rings. The van der Waals surface area contributed by atoms with Crippen LogP contribution in [0.15, 0.2) is 16.3 Å². The summed E-state index contributed by atoms with van der Waals surface area (Å²) in [5.74, 6) is -0.674. The first-order chi connectivity index (χ1) is 9.77. The van der Waals surface area contributed by atoms with Crippen molar-refractivity contribution in [1.29, 1.82) is 0 Å². The topological polar surface area (TPSA) is 107 Å². The van der Waals surface area contributed by atoms with Crippen molar-refractivity contribution in [2.24, 2.45) is 5.73 Å². The smallest absolute Gasteiger partial charge is 0.266 e. The molecule has 0 unspecified atom stereocenters. The minimum Gasteiger partial charge on any atom is -0.366 e. The number of amides is 1. The van der Waals surface area contributed by atoms with Gasteiger partial charge in [0.25, 0.3) is 15.9 Å². The predicted molar refractivity (Wildman–Crippen MR) is 81.0 cm³/mol. The third kappa shape index (κ3) is 2.79. The number of primary amides is 1. The molecule has 2 aromatic heterocycles. The molecule has 0 spiro atoms. The second kappa shape index (κ2) is 5.49. The molecule has 0 aliphatic heterocycles.